The molecule has 118 valence electrons. The van der Waals surface area contributed by atoms with Crippen molar-refractivity contribution in [1.82, 2.24) is 9.88 Å². The van der Waals surface area contributed by atoms with Crippen LogP contribution in [0.15, 0.2) is 41.2 Å². The Morgan fingerprint density at radius 3 is 2.36 bits per heavy atom. The lowest BCUT2D eigenvalue weighted by molar-refractivity contribution is 0.576. The average molecular weight is 298 g/mol. The number of hydrogen-bond acceptors (Lipinski definition) is 2. The molecule has 1 aromatic heterocycles. The molecular weight excluding hydrogens is 272 g/mol. The summed E-state index contributed by atoms with van der Waals surface area (Å²) in [5.74, 6) is 0. The van der Waals surface area contributed by atoms with Crippen LogP contribution in [0.25, 0.3) is 11.3 Å². The van der Waals surface area contributed by atoms with E-state index in [1.165, 1.54) is 5.56 Å². The molecule has 0 aliphatic rings. The summed E-state index contributed by atoms with van der Waals surface area (Å²) in [4.78, 5) is 12.8. The molecule has 0 amide bonds. The molecule has 1 aromatic carbocycles. The highest BCUT2D eigenvalue weighted by molar-refractivity contribution is 5.60. The van der Waals surface area contributed by atoms with E-state index in [1.54, 1.807) is 0 Å². The molecule has 3 heteroatoms. The first-order chi connectivity index (χ1) is 10.5. The van der Waals surface area contributed by atoms with Gasteiger partial charge in [0.25, 0.3) is 5.56 Å². The van der Waals surface area contributed by atoms with Crippen molar-refractivity contribution >= 4 is 0 Å². The number of pyridine rings is 1. The number of hydrogen-bond donors (Lipinski definition) is 1. The standard InChI is InChI=1S/C19H26N2O/c1-5-12-21-18(16-8-6-15(4)7-9-16)11-10-17(19(21)22)13-20-14(2)3/h6-11,14,20H,5,12-13H2,1-4H3. The Hall–Kier alpha value is -1.87. The number of aromatic nitrogens is 1. The maximum absolute atomic E-state index is 12.8. The minimum absolute atomic E-state index is 0.119. The Balaban J connectivity index is 2.44. The van der Waals surface area contributed by atoms with Crippen LogP contribution in [-0.2, 0) is 13.1 Å². The van der Waals surface area contributed by atoms with Crippen molar-refractivity contribution in [2.45, 2.75) is 53.2 Å². The van der Waals surface area contributed by atoms with Gasteiger partial charge in [-0.15, -0.1) is 0 Å². The molecule has 2 aromatic rings. The van der Waals surface area contributed by atoms with Gasteiger partial charge in [0.15, 0.2) is 0 Å². The first-order valence-corrected chi connectivity index (χ1v) is 8.06. The molecule has 0 saturated heterocycles. The minimum atomic E-state index is 0.119. The summed E-state index contributed by atoms with van der Waals surface area (Å²) in [6.07, 6.45) is 0.944. The number of benzene rings is 1. The largest absolute Gasteiger partial charge is 0.310 e. The van der Waals surface area contributed by atoms with Crippen molar-refractivity contribution < 1.29 is 0 Å². The van der Waals surface area contributed by atoms with Crippen LogP contribution < -0.4 is 10.9 Å². The zero-order chi connectivity index (χ0) is 16.1. The number of nitrogens with one attached hydrogen (secondary N) is 1. The van der Waals surface area contributed by atoms with Crippen molar-refractivity contribution in [3.8, 4) is 11.3 Å². The smallest absolute Gasteiger partial charge is 0.255 e. The molecule has 3 nitrogen and oxygen atoms in total. The maximum atomic E-state index is 12.8. The van der Waals surface area contributed by atoms with Gasteiger partial charge >= 0.3 is 0 Å². The van der Waals surface area contributed by atoms with Crippen molar-refractivity contribution in [2.75, 3.05) is 0 Å². The Bertz CT molecular complexity index is 669. The van der Waals surface area contributed by atoms with E-state index in [-0.39, 0.29) is 5.56 Å². The zero-order valence-electron chi connectivity index (χ0n) is 14.0. The molecular formula is C19H26N2O. The van der Waals surface area contributed by atoms with E-state index < -0.39 is 0 Å². The average Bonchev–Trinajstić information content (AvgIpc) is 2.49. The molecule has 1 heterocycles. The molecule has 2 rings (SSSR count). The van der Waals surface area contributed by atoms with E-state index >= 15 is 0 Å². The van der Waals surface area contributed by atoms with Gasteiger partial charge in [-0.1, -0.05) is 56.7 Å². The minimum Gasteiger partial charge on any atom is -0.310 e. The topological polar surface area (TPSA) is 34.0 Å². The lowest BCUT2D eigenvalue weighted by Crippen LogP contribution is -2.30. The third-order valence-electron chi connectivity index (χ3n) is 3.75. The summed E-state index contributed by atoms with van der Waals surface area (Å²) in [6, 6.07) is 12.7. The lowest BCUT2D eigenvalue weighted by Gasteiger charge is -2.15. The molecule has 0 aliphatic carbocycles. The van der Waals surface area contributed by atoms with E-state index in [0.717, 1.165) is 29.8 Å². The molecule has 0 radical (unpaired) electrons. The molecule has 0 aliphatic heterocycles. The van der Waals surface area contributed by atoms with Crippen LogP contribution in [0, 0.1) is 6.92 Å². The van der Waals surface area contributed by atoms with Crippen molar-refractivity contribution in [1.29, 1.82) is 0 Å². The van der Waals surface area contributed by atoms with Crippen LogP contribution in [0.3, 0.4) is 0 Å². The fourth-order valence-electron chi connectivity index (χ4n) is 2.49. The van der Waals surface area contributed by atoms with Crippen LogP contribution in [0.5, 0.6) is 0 Å². The van der Waals surface area contributed by atoms with Crippen molar-refractivity contribution in [2.24, 2.45) is 0 Å². The fraction of sp³-hybridized carbons (Fsp3) is 0.421. The van der Waals surface area contributed by atoms with Crippen LogP contribution in [0.2, 0.25) is 0 Å². The van der Waals surface area contributed by atoms with Crippen molar-refractivity contribution in [3.63, 3.8) is 0 Å². The predicted octanol–water partition coefficient (Wildman–Crippen LogP) is 3.73. The van der Waals surface area contributed by atoms with E-state index in [9.17, 15) is 4.79 Å². The van der Waals surface area contributed by atoms with Crippen LogP contribution in [0.1, 0.15) is 38.3 Å². The summed E-state index contributed by atoms with van der Waals surface area (Å²) >= 11 is 0. The summed E-state index contributed by atoms with van der Waals surface area (Å²) in [5.41, 5.74) is 4.27. The Morgan fingerprint density at radius 1 is 1.09 bits per heavy atom. The molecule has 0 atom stereocenters. The van der Waals surface area contributed by atoms with Gasteiger partial charge < -0.3 is 9.88 Å². The van der Waals surface area contributed by atoms with Gasteiger partial charge in [-0.05, 0) is 25.0 Å². The van der Waals surface area contributed by atoms with Gasteiger partial charge in [-0.3, -0.25) is 4.79 Å². The predicted molar refractivity (Wildman–Crippen MR) is 93.1 cm³/mol. The van der Waals surface area contributed by atoms with Gasteiger partial charge in [0.2, 0.25) is 0 Å². The summed E-state index contributed by atoms with van der Waals surface area (Å²) < 4.78 is 1.90. The second-order valence-corrected chi connectivity index (χ2v) is 6.10. The molecule has 0 unspecified atom stereocenters. The van der Waals surface area contributed by atoms with E-state index in [0.29, 0.717) is 12.6 Å². The second kappa shape index (κ2) is 7.41. The van der Waals surface area contributed by atoms with Gasteiger partial charge in [-0.25, -0.2) is 0 Å². The van der Waals surface area contributed by atoms with Gasteiger partial charge in [0, 0.05) is 24.7 Å². The van der Waals surface area contributed by atoms with Crippen LogP contribution in [0.4, 0.5) is 0 Å². The Kier molecular flexibility index (Phi) is 5.56. The van der Waals surface area contributed by atoms with Gasteiger partial charge in [0.05, 0.1) is 5.69 Å². The molecule has 0 spiro atoms. The Morgan fingerprint density at radius 2 is 1.77 bits per heavy atom. The second-order valence-electron chi connectivity index (χ2n) is 6.10. The summed E-state index contributed by atoms with van der Waals surface area (Å²) in [6.45, 7) is 9.72. The fourth-order valence-corrected chi connectivity index (χ4v) is 2.49. The first kappa shape index (κ1) is 16.5. The molecule has 0 saturated carbocycles. The monoisotopic (exact) mass is 298 g/mol. The van der Waals surface area contributed by atoms with Crippen LogP contribution >= 0.6 is 0 Å². The van der Waals surface area contributed by atoms with Crippen LogP contribution in [-0.4, -0.2) is 10.6 Å². The summed E-state index contributed by atoms with van der Waals surface area (Å²) in [5, 5.41) is 3.33. The molecule has 1 N–H and O–H groups in total. The van der Waals surface area contributed by atoms with E-state index in [2.05, 4.69) is 63.3 Å². The third kappa shape index (κ3) is 3.86. The number of aryl methyl sites for hydroxylation is 1. The maximum Gasteiger partial charge on any atom is 0.255 e. The SMILES string of the molecule is CCCn1c(-c2ccc(C)cc2)ccc(CNC(C)C)c1=O. The Labute approximate surface area is 133 Å². The highest BCUT2D eigenvalue weighted by atomic mass is 16.1. The highest BCUT2D eigenvalue weighted by Gasteiger charge is 2.10. The molecule has 0 fully saturated rings. The first-order valence-electron chi connectivity index (χ1n) is 8.06. The van der Waals surface area contributed by atoms with E-state index in [4.69, 9.17) is 0 Å². The number of nitrogens with zero attached hydrogens (tertiary/aromatic N) is 1. The highest BCUT2D eigenvalue weighted by Crippen LogP contribution is 2.19. The van der Waals surface area contributed by atoms with Crippen molar-refractivity contribution in [3.05, 3.63) is 57.9 Å². The third-order valence-corrected chi connectivity index (χ3v) is 3.75. The lowest BCUT2D eigenvalue weighted by atomic mass is 10.1. The van der Waals surface area contributed by atoms with Gasteiger partial charge in [-0.2, -0.15) is 0 Å². The number of rotatable bonds is 6. The molecule has 22 heavy (non-hydrogen) atoms. The van der Waals surface area contributed by atoms with E-state index in [1.807, 2.05) is 10.6 Å². The molecule has 0 bridgehead atoms. The van der Waals surface area contributed by atoms with Gasteiger partial charge in [0.1, 0.15) is 0 Å². The zero-order valence-corrected chi connectivity index (χ0v) is 14.0. The normalized spacial score (nSPS) is 11.1. The summed E-state index contributed by atoms with van der Waals surface area (Å²) in [7, 11) is 0. The quantitative estimate of drug-likeness (QED) is 0.881.